The van der Waals surface area contributed by atoms with Gasteiger partial charge in [0.1, 0.15) is 0 Å². The number of carboxylic acid groups (broad SMARTS) is 1. The molecule has 0 unspecified atom stereocenters. The number of halogens is 1. The van der Waals surface area contributed by atoms with E-state index in [1.54, 1.807) is 18.2 Å². The molecule has 2 aromatic carbocycles. The number of benzene rings is 2. The van der Waals surface area contributed by atoms with Crippen LogP contribution in [0, 0.1) is 0 Å². The van der Waals surface area contributed by atoms with E-state index in [9.17, 15) is 13.2 Å². The van der Waals surface area contributed by atoms with Crippen LogP contribution in [0.5, 0.6) is 0 Å². The first-order chi connectivity index (χ1) is 12.9. The second-order valence-electron chi connectivity index (χ2n) is 6.12. The maximum absolute atomic E-state index is 12.9. The van der Waals surface area contributed by atoms with Crippen LogP contribution in [0.1, 0.15) is 5.56 Å². The summed E-state index contributed by atoms with van der Waals surface area (Å²) in [6.45, 7) is 1.87. The number of anilines is 1. The third-order valence-corrected chi connectivity index (χ3v) is 6.46. The largest absolute Gasteiger partial charge is 0.478 e. The molecular formula is C19H19ClN2O4S. The van der Waals surface area contributed by atoms with Crippen molar-refractivity contribution in [2.24, 2.45) is 0 Å². The number of piperazine rings is 1. The average Bonchev–Trinajstić information content (AvgIpc) is 2.67. The van der Waals surface area contributed by atoms with Gasteiger partial charge in [-0.1, -0.05) is 29.8 Å². The highest BCUT2D eigenvalue weighted by Crippen LogP contribution is 2.24. The molecule has 0 spiro atoms. The Hall–Kier alpha value is -2.35. The molecule has 2 aromatic rings. The molecule has 0 saturated carbocycles. The van der Waals surface area contributed by atoms with Gasteiger partial charge < -0.3 is 10.0 Å². The van der Waals surface area contributed by atoms with Crippen molar-refractivity contribution in [3.05, 3.63) is 65.2 Å². The number of rotatable bonds is 5. The van der Waals surface area contributed by atoms with Gasteiger partial charge in [-0.3, -0.25) is 0 Å². The van der Waals surface area contributed by atoms with Crippen LogP contribution < -0.4 is 4.90 Å². The van der Waals surface area contributed by atoms with Crippen LogP contribution in [0.3, 0.4) is 0 Å². The van der Waals surface area contributed by atoms with Crippen LogP contribution in [0.4, 0.5) is 5.69 Å². The van der Waals surface area contributed by atoms with Gasteiger partial charge >= 0.3 is 5.97 Å². The third kappa shape index (κ3) is 4.68. The van der Waals surface area contributed by atoms with E-state index >= 15 is 0 Å². The van der Waals surface area contributed by atoms with E-state index in [2.05, 4.69) is 4.90 Å². The summed E-state index contributed by atoms with van der Waals surface area (Å²) >= 11 is 6.03. The van der Waals surface area contributed by atoms with Crippen molar-refractivity contribution in [1.29, 1.82) is 0 Å². The molecule has 0 aliphatic carbocycles. The smallest absolute Gasteiger partial charge is 0.328 e. The van der Waals surface area contributed by atoms with Gasteiger partial charge in [0.15, 0.2) is 0 Å². The van der Waals surface area contributed by atoms with E-state index in [-0.39, 0.29) is 4.90 Å². The molecule has 0 aromatic heterocycles. The molecule has 6 nitrogen and oxygen atoms in total. The summed E-state index contributed by atoms with van der Waals surface area (Å²) < 4.78 is 27.3. The fraction of sp³-hybridized carbons (Fsp3) is 0.211. The normalized spacial score (nSPS) is 16.0. The van der Waals surface area contributed by atoms with Gasteiger partial charge in [0, 0.05) is 43.0 Å². The molecule has 1 aliphatic heterocycles. The summed E-state index contributed by atoms with van der Waals surface area (Å²) in [6, 6.07) is 13.8. The minimum atomic E-state index is -3.64. The second kappa shape index (κ2) is 8.12. The molecule has 1 aliphatic rings. The Kier molecular flexibility index (Phi) is 5.84. The molecule has 142 valence electrons. The van der Waals surface area contributed by atoms with Crippen molar-refractivity contribution >= 4 is 39.4 Å². The van der Waals surface area contributed by atoms with Crippen molar-refractivity contribution in [2.45, 2.75) is 4.90 Å². The predicted molar refractivity (Wildman–Crippen MR) is 106 cm³/mol. The van der Waals surface area contributed by atoms with E-state index in [1.165, 1.54) is 22.5 Å². The first kappa shape index (κ1) is 19.4. The van der Waals surface area contributed by atoms with Crippen LogP contribution in [-0.2, 0) is 14.8 Å². The number of hydrogen-bond donors (Lipinski definition) is 1. The Balaban J connectivity index is 1.73. The minimum absolute atomic E-state index is 0.159. The molecule has 0 atom stereocenters. The lowest BCUT2D eigenvalue weighted by molar-refractivity contribution is -0.131. The minimum Gasteiger partial charge on any atom is -0.478 e. The van der Waals surface area contributed by atoms with Crippen LogP contribution in [-0.4, -0.2) is 50.0 Å². The van der Waals surface area contributed by atoms with Gasteiger partial charge in [-0.15, -0.1) is 0 Å². The van der Waals surface area contributed by atoms with Gasteiger partial charge in [0.25, 0.3) is 0 Å². The lowest BCUT2D eigenvalue weighted by atomic mass is 10.2. The predicted octanol–water partition coefficient (Wildman–Crippen LogP) is 2.95. The Morgan fingerprint density at radius 1 is 1.04 bits per heavy atom. The summed E-state index contributed by atoms with van der Waals surface area (Å²) in [6.07, 6.45) is 2.36. The van der Waals surface area contributed by atoms with Crippen LogP contribution in [0.15, 0.2) is 59.5 Å². The molecule has 8 heteroatoms. The Bertz CT molecular complexity index is 967. The van der Waals surface area contributed by atoms with E-state index in [1.807, 2.05) is 18.2 Å². The molecule has 0 bridgehead atoms. The Morgan fingerprint density at radius 3 is 2.41 bits per heavy atom. The monoisotopic (exact) mass is 406 g/mol. The maximum atomic E-state index is 12.9. The molecule has 1 N–H and O–H groups in total. The first-order valence-electron chi connectivity index (χ1n) is 8.38. The molecule has 1 heterocycles. The quantitative estimate of drug-likeness (QED) is 0.772. The molecule has 1 fully saturated rings. The van der Waals surface area contributed by atoms with Crippen molar-refractivity contribution < 1.29 is 18.3 Å². The van der Waals surface area contributed by atoms with E-state index in [0.717, 1.165) is 11.8 Å². The Labute approximate surface area is 163 Å². The Morgan fingerprint density at radius 2 is 1.74 bits per heavy atom. The standard InChI is InChI=1S/C19H19ClN2O4S/c20-16-4-2-5-17(14-16)21-9-11-22(12-10-21)27(25,26)18-6-1-3-15(13-18)7-8-19(23)24/h1-8,13-14H,9-12H2,(H,23,24). The van der Waals surface area contributed by atoms with Crippen molar-refractivity contribution in [3.63, 3.8) is 0 Å². The first-order valence-corrected chi connectivity index (χ1v) is 10.2. The summed E-state index contributed by atoms with van der Waals surface area (Å²) in [7, 11) is -3.64. The van der Waals surface area contributed by atoms with E-state index in [0.29, 0.717) is 36.8 Å². The highest BCUT2D eigenvalue weighted by molar-refractivity contribution is 7.89. The maximum Gasteiger partial charge on any atom is 0.328 e. The van der Waals surface area contributed by atoms with Crippen LogP contribution in [0.2, 0.25) is 5.02 Å². The van der Waals surface area contributed by atoms with Crippen molar-refractivity contribution in [1.82, 2.24) is 4.31 Å². The van der Waals surface area contributed by atoms with E-state index < -0.39 is 16.0 Å². The molecule has 1 saturated heterocycles. The van der Waals surface area contributed by atoms with Crippen molar-refractivity contribution in [2.75, 3.05) is 31.1 Å². The highest BCUT2D eigenvalue weighted by atomic mass is 35.5. The molecule has 0 radical (unpaired) electrons. The third-order valence-electron chi connectivity index (χ3n) is 4.33. The zero-order chi connectivity index (χ0) is 19.4. The second-order valence-corrected chi connectivity index (χ2v) is 8.49. The number of carbonyl (C=O) groups is 1. The molecular weight excluding hydrogens is 388 g/mol. The van der Waals surface area contributed by atoms with Gasteiger partial charge in [-0.05, 0) is 42.0 Å². The highest BCUT2D eigenvalue weighted by Gasteiger charge is 2.28. The number of nitrogens with zero attached hydrogens (tertiary/aromatic N) is 2. The number of aliphatic carboxylic acids is 1. The molecule has 0 amide bonds. The number of sulfonamides is 1. The average molecular weight is 407 g/mol. The molecule has 27 heavy (non-hydrogen) atoms. The SMILES string of the molecule is O=C(O)C=Cc1cccc(S(=O)(=O)N2CCN(c3cccc(Cl)c3)CC2)c1. The summed E-state index contributed by atoms with van der Waals surface area (Å²) in [4.78, 5) is 12.9. The topological polar surface area (TPSA) is 77.9 Å². The van der Waals surface area contributed by atoms with Crippen LogP contribution in [0.25, 0.3) is 6.08 Å². The van der Waals surface area contributed by atoms with Gasteiger partial charge in [0.05, 0.1) is 4.90 Å². The van der Waals surface area contributed by atoms with Crippen LogP contribution >= 0.6 is 11.6 Å². The van der Waals surface area contributed by atoms with Crippen molar-refractivity contribution in [3.8, 4) is 0 Å². The zero-order valence-electron chi connectivity index (χ0n) is 14.5. The lowest BCUT2D eigenvalue weighted by Crippen LogP contribution is -2.48. The fourth-order valence-corrected chi connectivity index (χ4v) is 4.62. The summed E-state index contributed by atoms with van der Waals surface area (Å²) in [5.41, 5.74) is 1.50. The number of carboxylic acids is 1. The summed E-state index contributed by atoms with van der Waals surface area (Å²) in [5.74, 6) is -1.08. The number of hydrogen-bond acceptors (Lipinski definition) is 4. The van der Waals surface area contributed by atoms with E-state index in [4.69, 9.17) is 16.7 Å². The summed E-state index contributed by atoms with van der Waals surface area (Å²) in [5, 5.41) is 9.36. The van der Waals surface area contributed by atoms with Gasteiger partial charge in [-0.25, -0.2) is 13.2 Å². The van der Waals surface area contributed by atoms with Gasteiger partial charge in [-0.2, -0.15) is 4.31 Å². The lowest BCUT2D eigenvalue weighted by Gasteiger charge is -2.35. The zero-order valence-corrected chi connectivity index (χ0v) is 16.0. The molecule has 3 rings (SSSR count). The fourth-order valence-electron chi connectivity index (χ4n) is 2.95. The van der Waals surface area contributed by atoms with Gasteiger partial charge in [0.2, 0.25) is 10.0 Å².